The smallest absolute Gasteiger partial charge is 0.243 e. The number of aryl methyl sites for hydroxylation is 1. The molecule has 2 saturated heterocycles. The number of carbonyl (C=O) groups is 1. The third kappa shape index (κ3) is 3.15. The van der Waals surface area contributed by atoms with Crippen LogP contribution in [0.1, 0.15) is 38.2 Å². The summed E-state index contributed by atoms with van der Waals surface area (Å²) in [5, 5.41) is 0. The average Bonchev–Trinajstić information content (AvgIpc) is 2.93. The second kappa shape index (κ2) is 6.24. The summed E-state index contributed by atoms with van der Waals surface area (Å²) in [5.74, 6) is 0.523. The summed E-state index contributed by atoms with van der Waals surface area (Å²) in [4.78, 5) is 14.0. The van der Waals surface area contributed by atoms with Crippen molar-refractivity contribution in [2.24, 2.45) is 5.92 Å². The number of benzene rings is 1. The monoisotopic (exact) mass is 336 g/mol. The molecule has 5 nitrogen and oxygen atoms in total. The van der Waals surface area contributed by atoms with E-state index in [1.165, 1.54) is 0 Å². The van der Waals surface area contributed by atoms with Gasteiger partial charge in [-0.3, -0.25) is 4.79 Å². The second-order valence-corrected chi connectivity index (χ2v) is 8.65. The zero-order valence-electron chi connectivity index (χ0n) is 13.8. The van der Waals surface area contributed by atoms with Crippen molar-refractivity contribution in [1.29, 1.82) is 0 Å². The molecule has 1 unspecified atom stereocenters. The minimum atomic E-state index is -3.44. The normalized spacial score (nSPS) is 23.5. The van der Waals surface area contributed by atoms with Gasteiger partial charge in [-0.25, -0.2) is 8.42 Å². The highest BCUT2D eigenvalue weighted by atomic mass is 32.2. The number of sulfonamides is 1. The standard InChI is InChI=1S/C17H24N2O3S/c1-13-5-3-9-18(12-13)23(21,22)15-7-8-16(14(2)11-15)19-10-4-6-17(19)20/h7-8,11,13H,3-6,9-10,12H2,1-2H3. The number of hydrogen-bond donors (Lipinski definition) is 0. The highest BCUT2D eigenvalue weighted by molar-refractivity contribution is 7.89. The molecule has 2 aliphatic rings. The number of piperidine rings is 1. The van der Waals surface area contributed by atoms with Gasteiger partial charge < -0.3 is 4.90 Å². The fraction of sp³-hybridized carbons (Fsp3) is 0.588. The summed E-state index contributed by atoms with van der Waals surface area (Å²) in [7, 11) is -3.44. The van der Waals surface area contributed by atoms with Crippen molar-refractivity contribution in [1.82, 2.24) is 4.31 Å². The Morgan fingerprint density at radius 1 is 1.17 bits per heavy atom. The zero-order chi connectivity index (χ0) is 16.6. The van der Waals surface area contributed by atoms with Crippen LogP contribution in [0.4, 0.5) is 5.69 Å². The molecule has 0 saturated carbocycles. The first-order chi connectivity index (χ1) is 10.9. The molecule has 2 fully saturated rings. The lowest BCUT2D eigenvalue weighted by atomic mass is 10.0. The molecule has 0 N–H and O–H groups in total. The lowest BCUT2D eigenvalue weighted by Crippen LogP contribution is -2.39. The maximum Gasteiger partial charge on any atom is 0.243 e. The van der Waals surface area contributed by atoms with E-state index in [2.05, 4.69) is 6.92 Å². The summed E-state index contributed by atoms with van der Waals surface area (Å²) in [6.07, 6.45) is 3.44. The maximum absolute atomic E-state index is 12.8. The molecule has 3 rings (SSSR count). The SMILES string of the molecule is Cc1cc(S(=O)(=O)N2CCCC(C)C2)ccc1N1CCCC1=O. The molecule has 1 aromatic rings. The van der Waals surface area contributed by atoms with E-state index in [0.29, 0.717) is 30.3 Å². The van der Waals surface area contributed by atoms with Crippen LogP contribution in [-0.2, 0) is 14.8 Å². The lowest BCUT2D eigenvalue weighted by molar-refractivity contribution is -0.117. The minimum Gasteiger partial charge on any atom is -0.312 e. The Morgan fingerprint density at radius 3 is 2.57 bits per heavy atom. The molecule has 0 spiro atoms. The number of carbonyl (C=O) groups excluding carboxylic acids is 1. The third-order valence-electron chi connectivity index (χ3n) is 4.79. The largest absolute Gasteiger partial charge is 0.312 e. The van der Waals surface area contributed by atoms with Crippen LogP contribution in [0.5, 0.6) is 0 Å². The third-order valence-corrected chi connectivity index (χ3v) is 6.65. The van der Waals surface area contributed by atoms with Crippen molar-refractivity contribution >= 4 is 21.6 Å². The molecule has 2 aliphatic heterocycles. The van der Waals surface area contributed by atoms with Crippen LogP contribution in [0.2, 0.25) is 0 Å². The number of nitrogens with zero attached hydrogens (tertiary/aromatic N) is 2. The first-order valence-corrected chi connectivity index (χ1v) is 9.75. The van der Waals surface area contributed by atoms with E-state index < -0.39 is 10.0 Å². The molecule has 1 atom stereocenters. The van der Waals surface area contributed by atoms with Gasteiger partial charge in [0.1, 0.15) is 0 Å². The van der Waals surface area contributed by atoms with E-state index in [0.717, 1.165) is 37.1 Å². The van der Waals surface area contributed by atoms with Crippen LogP contribution in [0.25, 0.3) is 0 Å². The molecule has 0 aliphatic carbocycles. The molecule has 126 valence electrons. The summed E-state index contributed by atoms with van der Waals surface area (Å²) in [6.45, 7) is 5.87. The Morgan fingerprint density at radius 2 is 1.96 bits per heavy atom. The molecule has 0 radical (unpaired) electrons. The lowest BCUT2D eigenvalue weighted by Gasteiger charge is -2.30. The molecule has 2 heterocycles. The van der Waals surface area contributed by atoms with Crippen LogP contribution in [0, 0.1) is 12.8 Å². The Kier molecular flexibility index (Phi) is 4.47. The highest BCUT2D eigenvalue weighted by Gasteiger charge is 2.30. The second-order valence-electron chi connectivity index (χ2n) is 6.71. The zero-order valence-corrected chi connectivity index (χ0v) is 14.6. The maximum atomic E-state index is 12.8. The highest BCUT2D eigenvalue weighted by Crippen LogP contribution is 2.29. The van der Waals surface area contributed by atoms with Gasteiger partial charge in [0.25, 0.3) is 0 Å². The van der Waals surface area contributed by atoms with Crippen molar-refractivity contribution in [3.05, 3.63) is 23.8 Å². The van der Waals surface area contributed by atoms with E-state index in [1.807, 2.05) is 6.92 Å². The number of rotatable bonds is 3. The number of amides is 1. The van der Waals surface area contributed by atoms with Crippen LogP contribution >= 0.6 is 0 Å². The topological polar surface area (TPSA) is 57.7 Å². The van der Waals surface area contributed by atoms with Gasteiger partial charge in [0.2, 0.25) is 15.9 Å². The van der Waals surface area contributed by atoms with Crippen molar-refractivity contribution in [3.63, 3.8) is 0 Å². The first kappa shape index (κ1) is 16.5. The first-order valence-electron chi connectivity index (χ1n) is 8.31. The van der Waals surface area contributed by atoms with Gasteiger partial charge in [-0.1, -0.05) is 6.92 Å². The fourth-order valence-electron chi connectivity index (χ4n) is 3.51. The summed E-state index contributed by atoms with van der Waals surface area (Å²) in [5.41, 5.74) is 1.67. The van der Waals surface area contributed by atoms with E-state index >= 15 is 0 Å². The van der Waals surface area contributed by atoms with Crippen molar-refractivity contribution < 1.29 is 13.2 Å². The van der Waals surface area contributed by atoms with Crippen molar-refractivity contribution in [2.75, 3.05) is 24.5 Å². The van der Waals surface area contributed by atoms with Gasteiger partial charge in [0, 0.05) is 31.7 Å². The van der Waals surface area contributed by atoms with Crippen LogP contribution in [0.3, 0.4) is 0 Å². The van der Waals surface area contributed by atoms with Gasteiger partial charge >= 0.3 is 0 Å². The average molecular weight is 336 g/mol. The molecule has 6 heteroatoms. The quantitative estimate of drug-likeness (QED) is 0.852. The summed E-state index contributed by atoms with van der Waals surface area (Å²) >= 11 is 0. The molecular weight excluding hydrogens is 312 g/mol. The fourth-order valence-corrected chi connectivity index (χ4v) is 5.19. The molecule has 0 aromatic heterocycles. The molecule has 23 heavy (non-hydrogen) atoms. The van der Waals surface area contributed by atoms with E-state index in [-0.39, 0.29) is 5.91 Å². The van der Waals surface area contributed by atoms with Gasteiger partial charge in [-0.2, -0.15) is 4.31 Å². The van der Waals surface area contributed by atoms with Gasteiger partial charge in [0.15, 0.2) is 0 Å². The van der Waals surface area contributed by atoms with Gasteiger partial charge in [0.05, 0.1) is 4.90 Å². The predicted molar refractivity (Wildman–Crippen MR) is 89.9 cm³/mol. The molecule has 1 aromatic carbocycles. The minimum absolute atomic E-state index is 0.119. The Bertz CT molecular complexity index is 715. The van der Waals surface area contributed by atoms with Crippen LogP contribution in [0.15, 0.2) is 23.1 Å². The summed E-state index contributed by atoms with van der Waals surface area (Å²) < 4.78 is 27.2. The number of anilines is 1. The molecular formula is C17H24N2O3S. The van der Waals surface area contributed by atoms with Gasteiger partial charge in [-0.15, -0.1) is 0 Å². The molecule has 1 amide bonds. The Hall–Kier alpha value is -1.40. The summed E-state index contributed by atoms with van der Waals surface area (Å²) in [6, 6.07) is 5.12. The van der Waals surface area contributed by atoms with Gasteiger partial charge in [-0.05, 0) is 55.9 Å². The van der Waals surface area contributed by atoms with E-state index in [9.17, 15) is 13.2 Å². The Labute approximate surface area is 138 Å². The predicted octanol–water partition coefficient (Wildman–Crippen LogP) is 2.54. The van der Waals surface area contributed by atoms with E-state index in [1.54, 1.807) is 27.4 Å². The van der Waals surface area contributed by atoms with Crippen molar-refractivity contribution in [3.8, 4) is 0 Å². The van der Waals surface area contributed by atoms with Crippen LogP contribution < -0.4 is 4.90 Å². The molecule has 0 bridgehead atoms. The van der Waals surface area contributed by atoms with Crippen molar-refractivity contribution in [2.45, 2.75) is 44.4 Å². The van der Waals surface area contributed by atoms with E-state index in [4.69, 9.17) is 0 Å². The Balaban J connectivity index is 1.88. The van der Waals surface area contributed by atoms with Crippen LogP contribution in [-0.4, -0.2) is 38.3 Å². The number of hydrogen-bond acceptors (Lipinski definition) is 3.